The van der Waals surface area contributed by atoms with Crippen molar-refractivity contribution in [1.82, 2.24) is 14.5 Å². The normalized spacial score (nSPS) is 11.7. The molecule has 3 heterocycles. The van der Waals surface area contributed by atoms with Crippen LogP contribution in [0.1, 0.15) is 0 Å². The third-order valence-electron chi connectivity index (χ3n) is 3.78. The summed E-state index contributed by atoms with van der Waals surface area (Å²) in [5.74, 6) is -0.453. The maximum absolute atomic E-state index is 12.9. The average Bonchev–Trinajstić information content (AvgIpc) is 3.14. The van der Waals surface area contributed by atoms with E-state index in [1.54, 1.807) is 35.2 Å². The molecule has 0 atom stereocenters. The molecule has 1 aromatic carbocycles. The van der Waals surface area contributed by atoms with Gasteiger partial charge in [-0.1, -0.05) is 29.5 Å². The molecular weight excluding hydrogens is 379 g/mol. The number of benzene rings is 1. The second-order valence-electron chi connectivity index (χ2n) is 5.48. The fourth-order valence-corrected chi connectivity index (χ4v) is 3.68. The Kier molecular flexibility index (Phi) is 4.15. The summed E-state index contributed by atoms with van der Waals surface area (Å²) in [5.41, 5.74) is 0.943. The number of hydrogen-bond donors (Lipinski definition) is 0. The van der Waals surface area contributed by atoms with E-state index in [9.17, 15) is 18.0 Å². The molecule has 0 amide bonds. The van der Waals surface area contributed by atoms with Gasteiger partial charge in [-0.25, -0.2) is 4.98 Å². The molecule has 5 nitrogen and oxygen atoms in total. The van der Waals surface area contributed by atoms with E-state index in [1.165, 1.54) is 30.7 Å². The van der Waals surface area contributed by atoms with Crippen molar-refractivity contribution < 1.29 is 17.9 Å². The second-order valence-corrected chi connectivity index (χ2v) is 6.49. The van der Waals surface area contributed by atoms with Crippen molar-refractivity contribution in [2.45, 2.75) is 6.36 Å². The van der Waals surface area contributed by atoms with Gasteiger partial charge in [-0.15, -0.1) is 13.2 Å². The average molecular weight is 389 g/mol. The van der Waals surface area contributed by atoms with Crippen LogP contribution in [0.2, 0.25) is 0 Å². The second kappa shape index (κ2) is 6.51. The van der Waals surface area contributed by atoms with Crippen LogP contribution in [0.25, 0.3) is 27.0 Å². The third-order valence-corrected chi connectivity index (χ3v) is 4.72. The predicted octanol–water partition coefficient (Wildman–Crippen LogP) is 4.41. The van der Waals surface area contributed by atoms with Crippen LogP contribution in [0.15, 0.2) is 66.1 Å². The van der Waals surface area contributed by atoms with Crippen molar-refractivity contribution in [3.63, 3.8) is 0 Å². The van der Waals surface area contributed by atoms with E-state index in [1.807, 2.05) is 0 Å². The van der Waals surface area contributed by atoms with Gasteiger partial charge in [0.1, 0.15) is 11.3 Å². The number of halogens is 3. The zero-order chi connectivity index (χ0) is 19.0. The van der Waals surface area contributed by atoms with Gasteiger partial charge in [-0.2, -0.15) is 0 Å². The Balaban J connectivity index is 2.09. The minimum Gasteiger partial charge on any atom is -0.405 e. The van der Waals surface area contributed by atoms with Crippen LogP contribution >= 0.6 is 11.3 Å². The molecular formula is C18H10F3N3O2S. The standard InChI is InChI=1S/C18H10F3N3O2S/c19-18(20,21)26-12-5-2-1-4-11(12)14-16(24-9-8-22-10-24)15-13(27-17(14)25)6-3-7-23-15/h1-10H. The third kappa shape index (κ3) is 3.28. The highest BCUT2D eigenvalue weighted by Gasteiger charge is 2.33. The van der Waals surface area contributed by atoms with Crippen LogP contribution in [0.4, 0.5) is 13.2 Å². The molecule has 0 fully saturated rings. The van der Waals surface area contributed by atoms with Crippen LogP contribution in [0, 0.1) is 0 Å². The van der Waals surface area contributed by atoms with E-state index in [4.69, 9.17) is 0 Å². The van der Waals surface area contributed by atoms with Crippen molar-refractivity contribution in [3.05, 3.63) is 70.9 Å². The number of fused-ring (bicyclic) bond motifs is 1. The number of hydrogen-bond acceptors (Lipinski definition) is 5. The number of rotatable bonds is 3. The molecule has 27 heavy (non-hydrogen) atoms. The lowest BCUT2D eigenvalue weighted by Crippen LogP contribution is -2.18. The number of para-hydroxylation sites is 1. The van der Waals surface area contributed by atoms with Gasteiger partial charge in [0.15, 0.2) is 0 Å². The fraction of sp³-hybridized carbons (Fsp3) is 0.0556. The smallest absolute Gasteiger partial charge is 0.405 e. The molecule has 9 heteroatoms. The maximum Gasteiger partial charge on any atom is 0.573 e. The van der Waals surface area contributed by atoms with Crippen molar-refractivity contribution in [3.8, 4) is 22.6 Å². The summed E-state index contributed by atoms with van der Waals surface area (Å²) in [6.07, 6.45) is 1.25. The van der Waals surface area contributed by atoms with Crippen LogP contribution in [-0.4, -0.2) is 20.9 Å². The molecule has 0 bridgehead atoms. The van der Waals surface area contributed by atoms with Gasteiger partial charge in [-0.05, 0) is 18.2 Å². The van der Waals surface area contributed by atoms with Gasteiger partial charge in [-0.3, -0.25) is 9.78 Å². The minimum absolute atomic E-state index is 0.0346. The zero-order valence-electron chi connectivity index (χ0n) is 13.5. The summed E-state index contributed by atoms with van der Waals surface area (Å²) < 4.78 is 44.4. The zero-order valence-corrected chi connectivity index (χ0v) is 14.3. The highest BCUT2D eigenvalue weighted by Crippen LogP contribution is 2.37. The molecule has 0 saturated heterocycles. The number of aromatic nitrogens is 3. The number of nitrogens with zero attached hydrogens (tertiary/aromatic N) is 3. The van der Waals surface area contributed by atoms with E-state index in [-0.39, 0.29) is 11.1 Å². The van der Waals surface area contributed by atoms with Gasteiger partial charge in [0.05, 0.1) is 22.3 Å². The molecule has 0 aliphatic carbocycles. The summed E-state index contributed by atoms with van der Waals surface area (Å²) >= 11 is 0.913. The Morgan fingerprint density at radius 2 is 1.89 bits per heavy atom. The predicted molar refractivity (Wildman–Crippen MR) is 95.1 cm³/mol. The monoisotopic (exact) mass is 389 g/mol. The lowest BCUT2D eigenvalue weighted by Gasteiger charge is -2.16. The molecule has 0 aliphatic heterocycles. The first-order chi connectivity index (χ1) is 12.9. The Morgan fingerprint density at radius 3 is 2.63 bits per heavy atom. The Labute approximate surface area is 154 Å². The van der Waals surface area contributed by atoms with Gasteiger partial charge in [0.25, 0.3) is 0 Å². The molecule has 0 unspecified atom stereocenters. The Morgan fingerprint density at radius 1 is 1.07 bits per heavy atom. The van der Waals surface area contributed by atoms with Crippen molar-refractivity contribution in [2.75, 3.05) is 0 Å². The summed E-state index contributed by atoms with van der Waals surface area (Å²) in [5, 5.41) is 0. The Bertz CT molecular complexity index is 1170. The quantitative estimate of drug-likeness (QED) is 0.521. The molecule has 0 radical (unpaired) electrons. The lowest BCUT2D eigenvalue weighted by molar-refractivity contribution is -0.274. The van der Waals surface area contributed by atoms with Crippen molar-refractivity contribution in [1.29, 1.82) is 0 Å². The molecule has 136 valence electrons. The summed E-state index contributed by atoms with van der Waals surface area (Å²) in [4.78, 5) is 21.2. The van der Waals surface area contributed by atoms with E-state index >= 15 is 0 Å². The molecule has 4 rings (SSSR count). The molecule has 0 aliphatic rings. The summed E-state index contributed by atoms with van der Waals surface area (Å²) in [7, 11) is 0. The summed E-state index contributed by atoms with van der Waals surface area (Å²) in [6, 6.07) is 8.97. The van der Waals surface area contributed by atoms with Crippen LogP contribution in [0.5, 0.6) is 5.75 Å². The van der Waals surface area contributed by atoms with Crippen molar-refractivity contribution in [2.24, 2.45) is 0 Å². The van der Waals surface area contributed by atoms with E-state index in [2.05, 4.69) is 14.7 Å². The van der Waals surface area contributed by atoms with Gasteiger partial charge in [0, 0.05) is 24.2 Å². The number of alkyl halides is 3. The highest BCUT2D eigenvalue weighted by molar-refractivity contribution is 7.16. The molecule has 0 spiro atoms. The first-order valence-electron chi connectivity index (χ1n) is 7.69. The largest absolute Gasteiger partial charge is 0.573 e. The SMILES string of the molecule is O=c1sc2cccnc2c(-n2ccnc2)c1-c1ccccc1OC(F)(F)F. The maximum atomic E-state index is 12.9. The molecule has 4 aromatic rings. The first kappa shape index (κ1) is 17.2. The van der Waals surface area contributed by atoms with Crippen LogP contribution in [-0.2, 0) is 0 Å². The van der Waals surface area contributed by atoms with Gasteiger partial charge >= 0.3 is 6.36 Å². The topological polar surface area (TPSA) is 57.0 Å². The first-order valence-corrected chi connectivity index (χ1v) is 8.51. The fourth-order valence-electron chi connectivity index (χ4n) is 2.78. The van der Waals surface area contributed by atoms with Crippen LogP contribution in [0.3, 0.4) is 0 Å². The van der Waals surface area contributed by atoms with E-state index < -0.39 is 16.9 Å². The number of imidazole rings is 1. The minimum atomic E-state index is -4.88. The highest BCUT2D eigenvalue weighted by atomic mass is 32.1. The molecule has 0 saturated carbocycles. The van der Waals surface area contributed by atoms with E-state index in [0.717, 1.165) is 11.3 Å². The van der Waals surface area contributed by atoms with Gasteiger partial charge < -0.3 is 9.30 Å². The van der Waals surface area contributed by atoms with Gasteiger partial charge in [0.2, 0.25) is 4.74 Å². The summed E-state index contributed by atoms with van der Waals surface area (Å²) in [6.45, 7) is 0. The lowest BCUT2D eigenvalue weighted by atomic mass is 10.0. The van der Waals surface area contributed by atoms with Crippen LogP contribution < -0.4 is 9.48 Å². The van der Waals surface area contributed by atoms with E-state index in [0.29, 0.717) is 15.9 Å². The Hall–Kier alpha value is -3.20. The number of ether oxygens (including phenoxy) is 1. The number of pyridine rings is 1. The van der Waals surface area contributed by atoms with Crippen molar-refractivity contribution >= 4 is 21.6 Å². The molecule has 3 aromatic heterocycles. The molecule has 0 N–H and O–H groups in total.